The third-order valence-electron chi connectivity index (χ3n) is 5.46. The number of carbonyl (C=O) groups is 2. The van der Waals surface area contributed by atoms with Gasteiger partial charge in [0.1, 0.15) is 5.82 Å². The van der Waals surface area contributed by atoms with Crippen LogP contribution < -0.4 is 16.0 Å². The Morgan fingerprint density at radius 2 is 1.85 bits per heavy atom. The van der Waals surface area contributed by atoms with E-state index in [0.29, 0.717) is 29.0 Å². The Bertz CT molecular complexity index is 890. The van der Waals surface area contributed by atoms with Crippen molar-refractivity contribution in [1.82, 2.24) is 0 Å². The number of fused-ring (bicyclic) bond motifs is 2. The fourth-order valence-corrected chi connectivity index (χ4v) is 4.40. The van der Waals surface area contributed by atoms with Crippen molar-refractivity contribution in [2.75, 3.05) is 16.8 Å². The summed E-state index contributed by atoms with van der Waals surface area (Å²) in [6.45, 7) is 0.496. The first-order valence-electron chi connectivity index (χ1n) is 8.78. The van der Waals surface area contributed by atoms with Gasteiger partial charge in [0.15, 0.2) is 0 Å². The second kappa shape index (κ2) is 6.12. The van der Waals surface area contributed by atoms with Crippen LogP contribution in [0.5, 0.6) is 0 Å². The number of halogens is 1. The van der Waals surface area contributed by atoms with Gasteiger partial charge in [-0.3, -0.25) is 4.79 Å². The summed E-state index contributed by atoms with van der Waals surface area (Å²) in [4.78, 5) is 25.9. The normalized spacial score (nSPS) is 17.3. The molecule has 5 nitrogen and oxygen atoms in total. The first kappa shape index (κ1) is 16.6. The SMILES string of the molecule is NC(=O)Nc1cccc(C(=O)N2CC3(CCCC3)c3c(F)cccc32)c1. The lowest BCUT2D eigenvalue weighted by Crippen LogP contribution is -2.35. The summed E-state index contributed by atoms with van der Waals surface area (Å²) in [5, 5.41) is 2.48. The maximum atomic E-state index is 14.6. The highest BCUT2D eigenvalue weighted by Gasteiger charge is 2.48. The molecule has 1 heterocycles. The molecule has 3 amide bonds. The van der Waals surface area contributed by atoms with Gasteiger partial charge in [0, 0.05) is 28.8 Å². The minimum absolute atomic E-state index is 0.200. The van der Waals surface area contributed by atoms with Gasteiger partial charge in [0.25, 0.3) is 5.91 Å². The fraction of sp³-hybridized carbons (Fsp3) is 0.300. The van der Waals surface area contributed by atoms with Crippen LogP contribution in [-0.2, 0) is 5.41 Å². The first-order chi connectivity index (χ1) is 12.5. The Labute approximate surface area is 151 Å². The maximum absolute atomic E-state index is 14.6. The monoisotopic (exact) mass is 353 g/mol. The lowest BCUT2D eigenvalue weighted by Gasteiger charge is -2.25. The summed E-state index contributed by atoms with van der Waals surface area (Å²) in [5.74, 6) is -0.433. The number of carbonyl (C=O) groups excluding carboxylic acids is 2. The highest BCUT2D eigenvalue weighted by molar-refractivity contribution is 6.08. The van der Waals surface area contributed by atoms with Crippen LogP contribution in [0, 0.1) is 5.82 Å². The first-order valence-corrected chi connectivity index (χ1v) is 8.78. The number of amides is 3. The molecule has 2 aliphatic rings. The molecule has 2 aromatic rings. The van der Waals surface area contributed by atoms with Crippen LogP contribution in [-0.4, -0.2) is 18.5 Å². The van der Waals surface area contributed by atoms with E-state index in [1.807, 2.05) is 6.07 Å². The molecule has 0 aromatic heterocycles. The number of nitrogens with two attached hydrogens (primary N) is 1. The molecule has 1 fully saturated rings. The average Bonchev–Trinajstić information content (AvgIpc) is 3.21. The third-order valence-corrected chi connectivity index (χ3v) is 5.46. The van der Waals surface area contributed by atoms with Gasteiger partial charge in [-0.25, -0.2) is 9.18 Å². The van der Waals surface area contributed by atoms with Gasteiger partial charge < -0.3 is 16.0 Å². The molecule has 0 atom stereocenters. The molecule has 0 unspecified atom stereocenters. The number of benzene rings is 2. The van der Waals surface area contributed by atoms with Gasteiger partial charge >= 0.3 is 6.03 Å². The van der Waals surface area contributed by atoms with E-state index in [1.165, 1.54) is 6.07 Å². The van der Waals surface area contributed by atoms with Crippen LogP contribution in [0.2, 0.25) is 0 Å². The predicted octanol–water partition coefficient (Wildman–Crippen LogP) is 3.79. The van der Waals surface area contributed by atoms with Crippen LogP contribution in [0.4, 0.5) is 20.6 Å². The number of nitrogens with zero attached hydrogens (tertiary/aromatic N) is 1. The summed E-state index contributed by atoms with van der Waals surface area (Å²) in [7, 11) is 0. The molecule has 26 heavy (non-hydrogen) atoms. The topological polar surface area (TPSA) is 75.4 Å². The van der Waals surface area contributed by atoms with Crippen LogP contribution in [0.3, 0.4) is 0 Å². The molecular formula is C20H20FN3O2. The number of hydrogen-bond donors (Lipinski definition) is 2. The quantitative estimate of drug-likeness (QED) is 0.862. The molecule has 0 bridgehead atoms. The molecule has 1 spiro atoms. The maximum Gasteiger partial charge on any atom is 0.316 e. The Kier molecular flexibility index (Phi) is 3.90. The van der Waals surface area contributed by atoms with Crippen molar-refractivity contribution in [3.05, 3.63) is 59.4 Å². The Morgan fingerprint density at radius 3 is 2.58 bits per heavy atom. The van der Waals surface area contributed by atoms with Crippen molar-refractivity contribution in [3.63, 3.8) is 0 Å². The molecular weight excluding hydrogens is 333 g/mol. The molecule has 1 aliphatic heterocycles. The highest BCUT2D eigenvalue weighted by Crippen LogP contribution is 2.51. The zero-order chi connectivity index (χ0) is 18.3. The van der Waals surface area contributed by atoms with Crippen LogP contribution in [0.15, 0.2) is 42.5 Å². The van der Waals surface area contributed by atoms with Crippen LogP contribution in [0.1, 0.15) is 41.6 Å². The number of primary amides is 1. The number of urea groups is 1. The minimum Gasteiger partial charge on any atom is -0.351 e. The van der Waals surface area contributed by atoms with Crippen molar-refractivity contribution in [2.45, 2.75) is 31.1 Å². The molecule has 0 radical (unpaired) electrons. The molecule has 1 saturated carbocycles. The van der Waals surface area contributed by atoms with E-state index in [9.17, 15) is 14.0 Å². The van der Waals surface area contributed by atoms with Gasteiger partial charge in [-0.2, -0.15) is 0 Å². The largest absolute Gasteiger partial charge is 0.351 e. The zero-order valence-corrected chi connectivity index (χ0v) is 14.3. The van der Waals surface area contributed by atoms with E-state index >= 15 is 0 Å². The molecule has 0 saturated heterocycles. The van der Waals surface area contributed by atoms with Crippen molar-refractivity contribution in [1.29, 1.82) is 0 Å². The molecule has 2 aromatic carbocycles. The van der Waals surface area contributed by atoms with Gasteiger partial charge in [-0.1, -0.05) is 25.0 Å². The summed E-state index contributed by atoms with van der Waals surface area (Å²) in [6.07, 6.45) is 3.89. The van der Waals surface area contributed by atoms with E-state index in [2.05, 4.69) is 5.32 Å². The van der Waals surface area contributed by atoms with E-state index < -0.39 is 6.03 Å². The summed E-state index contributed by atoms with van der Waals surface area (Å²) in [6, 6.07) is 10.9. The third kappa shape index (κ3) is 2.62. The van der Waals surface area contributed by atoms with Crippen molar-refractivity contribution in [2.24, 2.45) is 5.73 Å². The molecule has 3 N–H and O–H groups in total. The van der Waals surface area contributed by atoms with E-state index in [-0.39, 0.29) is 17.1 Å². The Balaban J connectivity index is 1.72. The van der Waals surface area contributed by atoms with Gasteiger partial charge in [-0.05, 0) is 43.2 Å². The predicted molar refractivity (Wildman–Crippen MR) is 97.9 cm³/mol. The molecule has 134 valence electrons. The standard InChI is InChI=1S/C20H20FN3O2/c21-15-7-4-8-16-17(15)20(9-1-2-10-20)12-24(16)18(25)13-5-3-6-14(11-13)23-19(22)26/h3-8,11H,1-2,9-10,12H2,(H3,22,23,26). The average molecular weight is 353 g/mol. The van der Waals surface area contributed by atoms with Gasteiger partial charge in [0.2, 0.25) is 0 Å². The van der Waals surface area contributed by atoms with Crippen molar-refractivity contribution in [3.8, 4) is 0 Å². The van der Waals surface area contributed by atoms with Gasteiger partial charge in [0.05, 0.1) is 5.69 Å². The smallest absolute Gasteiger partial charge is 0.316 e. The summed E-state index contributed by atoms with van der Waals surface area (Å²) in [5.41, 5.74) is 7.09. The van der Waals surface area contributed by atoms with E-state index in [1.54, 1.807) is 35.2 Å². The summed E-state index contributed by atoms with van der Waals surface area (Å²) >= 11 is 0. The number of anilines is 2. The molecule has 1 aliphatic carbocycles. The van der Waals surface area contributed by atoms with Crippen molar-refractivity contribution < 1.29 is 14.0 Å². The van der Waals surface area contributed by atoms with E-state index in [0.717, 1.165) is 25.7 Å². The summed E-state index contributed by atoms with van der Waals surface area (Å²) < 4.78 is 14.6. The highest BCUT2D eigenvalue weighted by atomic mass is 19.1. The van der Waals surface area contributed by atoms with Crippen LogP contribution in [0.25, 0.3) is 0 Å². The second-order valence-corrected chi connectivity index (χ2v) is 7.08. The lowest BCUT2D eigenvalue weighted by molar-refractivity contribution is 0.0985. The van der Waals surface area contributed by atoms with E-state index in [4.69, 9.17) is 5.73 Å². The Morgan fingerprint density at radius 1 is 1.12 bits per heavy atom. The fourth-order valence-electron chi connectivity index (χ4n) is 4.40. The minimum atomic E-state index is -0.687. The second-order valence-electron chi connectivity index (χ2n) is 7.08. The van der Waals surface area contributed by atoms with Crippen LogP contribution >= 0.6 is 0 Å². The number of rotatable bonds is 2. The molecule has 4 rings (SSSR count). The number of nitrogens with one attached hydrogen (secondary N) is 1. The zero-order valence-electron chi connectivity index (χ0n) is 14.3. The Hall–Kier alpha value is -2.89. The molecule has 6 heteroatoms. The lowest BCUT2D eigenvalue weighted by atomic mass is 9.80. The van der Waals surface area contributed by atoms with Gasteiger partial charge in [-0.15, -0.1) is 0 Å². The van der Waals surface area contributed by atoms with Crippen molar-refractivity contribution >= 4 is 23.3 Å². The number of hydrogen-bond acceptors (Lipinski definition) is 2.